The molecule has 3 fully saturated rings. The SMILES string of the molecule is CNCC1CCN(C(=O)C2C3CCCCC32)CC1. The molecule has 2 saturated carbocycles. The molecule has 2 atom stereocenters. The Labute approximate surface area is 110 Å². The van der Waals surface area contributed by atoms with Gasteiger partial charge in [0, 0.05) is 19.0 Å². The fraction of sp³-hybridized carbons (Fsp3) is 0.933. The quantitative estimate of drug-likeness (QED) is 0.829. The lowest BCUT2D eigenvalue weighted by Crippen LogP contribution is -2.41. The van der Waals surface area contributed by atoms with Gasteiger partial charge in [-0.15, -0.1) is 0 Å². The van der Waals surface area contributed by atoms with Gasteiger partial charge in [-0.1, -0.05) is 12.8 Å². The largest absolute Gasteiger partial charge is 0.342 e. The molecule has 2 aliphatic carbocycles. The van der Waals surface area contributed by atoms with Crippen molar-refractivity contribution in [2.24, 2.45) is 23.7 Å². The molecule has 0 bridgehead atoms. The number of nitrogens with zero attached hydrogens (tertiary/aromatic N) is 1. The fourth-order valence-corrected chi connectivity index (χ4v) is 4.22. The smallest absolute Gasteiger partial charge is 0.226 e. The van der Waals surface area contributed by atoms with E-state index in [1.807, 2.05) is 7.05 Å². The van der Waals surface area contributed by atoms with E-state index >= 15 is 0 Å². The van der Waals surface area contributed by atoms with Crippen molar-refractivity contribution in [1.29, 1.82) is 0 Å². The van der Waals surface area contributed by atoms with Crippen LogP contribution in [0.5, 0.6) is 0 Å². The van der Waals surface area contributed by atoms with Crippen molar-refractivity contribution < 1.29 is 4.79 Å². The van der Waals surface area contributed by atoms with Crippen molar-refractivity contribution in [2.45, 2.75) is 38.5 Å². The first-order chi connectivity index (χ1) is 8.81. The van der Waals surface area contributed by atoms with Gasteiger partial charge in [0.1, 0.15) is 0 Å². The summed E-state index contributed by atoms with van der Waals surface area (Å²) in [5.74, 6) is 3.23. The molecular weight excluding hydrogens is 224 g/mol. The Morgan fingerprint density at radius 1 is 1.11 bits per heavy atom. The summed E-state index contributed by atoms with van der Waals surface area (Å²) in [4.78, 5) is 14.7. The van der Waals surface area contributed by atoms with Crippen LogP contribution in [0.2, 0.25) is 0 Å². The highest BCUT2D eigenvalue weighted by Gasteiger charge is 2.55. The van der Waals surface area contributed by atoms with Crippen LogP contribution in [0, 0.1) is 23.7 Å². The van der Waals surface area contributed by atoms with Gasteiger partial charge in [-0.25, -0.2) is 0 Å². The fourth-order valence-electron chi connectivity index (χ4n) is 4.22. The van der Waals surface area contributed by atoms with Gasteiger partial charge in [-0.2, -0.15) is 0 Å². The number of likely N-dealkylation sites (tertiary alicyclic amines) is 1. The molecule has 0 aromatic heterocycles. The van der Waals surface area contributed by atoms with E-state index in [2.05, 4.69) is 10.2 Å². The molecule has 0 aromatic carbocycles. The predicted molar refractivity (Wildman–Crippen MR) is 72.2 cm³/mol. The van der Waals surface area contributed by atoms with E-state index < -0.39 is 0 Å². The Morgan fingerprint density at radius 3 is 2.28 bits per heavy atom. The van der Waals surface area contributed by atoms with Crippen LogP contribution in [0.25, 0.3) is 0 Å². The maximum Gasteiger partial charge on any atom is 0.226 e. The number of hydrogen-bond donors (Lipinski definition) is 1. The number of piperidine rings is 1. The zero-order valence-electron chi connectivity index (χ0n) is 11.5. The molecular formula is C15H26N2O. The van der Waals surface area contributed by atoms with Crippen LogP contribution in [-0.2, 0) is 4.79 Å². The maximum absolute atomic E-state index is 12.5. The second kappa shape index (κ2) is 5.20. The molecule has 1 heterocycles. The van der Waals surface area contributed by atoms with Gasteiger partial charge in [0.05, 0.1) is 0 Å². The first-order valence-electron chi connectivity index (χ1n) is 7.74. The van der Waals surface area contributed by atoms with Crippen LogP contribution in [-0.4, -0.2) is 37.5 Å². The summed E-state index contributed by atoms with van der Waals surface area (Å²) in [5.41, 5.74) is 0. The molecule has 3 aliphatic rings. The number of hydrogen-bond acceptors (Lipinski definition) is 2. The minimum absolute atomic E-state index is 0.424. The lowest BCUT2D eigenvalue weighted by Gasteiger charge is -2.32. The molecule has 3 heteroatoms. The molecule has 1 aliphatic heterocycles. The summed E-state index contributed by atoms with van der Waals surface area (Å²) in [6, 6.07) is 0. The highest BCUT2D eigenvalue weighted by molar-refractivity contribution is 5.82. The molecule has 0 spiro atoms. The highest BCUT2D eigenvalue weighted by atomic mass is 16.2. The van der Waals surface area contributed by atoms with E-state index in [-0.39, 0.29) is 0 Å². The first kappa shape index (κ1) is 12.5. The molecule has 18 heavy (non-hydrogen) atoms. The first-order valence-corrected chi connectivity index (χ1v) is 7.74. The predicted octanol–water partition coefficient (Wildman–Crippen LogP) is 1.88. The van der Waals surface area contributed by atoms with Gasteiger partial charge < -0.3 is 10.2 Å². The van der Waals surface area contributed by atoms with Crippen LogP contribution < -0.4 is 5.32 Å². The van der Waals surface area contributed by atoms with Crippen molar-refractivity contribution in [3.05, 3.63) is 0 Å². The summed E-state index contributed by atoms with van der Waals surface area (Å²) >= 11 is 0. The Morgan fingerprint density at radius 2 is 1.72 bits per heavy atom. The van der Waals surface area contributed by atoms with Gasteiger partial charge in [0.25, 0.3) is 0 Å². The highest BCUT2D eigenvalue weighted by Crippen LogP contribution is 2.56. The average Bonchev–Trinajstić information content (AvgIpc) is 3.13. The second-order valence-corrected chi connectivity index (χ2v) is 6.46. The zero-order chi connectivity index (χ0) is 12.5. The Bertz CT molecular complexity index is 298. The third-order valence-electron chi connectivity index (χ3n) is 5.36. The Hall–Kier alpha value is -0.570. The molecule has 2 unspecified atom stereocenters. The molecule has 1 N–H and O–H groups in total. The van der Waals surface area contributed by atoms with Gasteiger partial charge in [-0.05, 0) is 57.0 Å². The van der Waals surface area contributed by atoms with Crippen molar-refractivity contribution in [3.8, 4) is 0 Å². The maximum atomic E-state index is 12.5. The van der Waals surface area contributed by atoms with Gasteiger partial charge in [0.15, 0.2) is 0 Å². The number of nitrogens with one attached hydrogen (secondary N) is 1. The van der Waals surface area contributed by atoms with E-state index in [1.54, 1.807) is 0 Å². The summed E-state index contributed by atoms with van der Waals surface area (Å²) in [6.45, 7) is 3.11. The topological polar surface area (TPSA) is 32.3 Å². The molecule has 0 aromatic rings. The molecule has 1 saturated heterocycles. The Kier molecular flexibility index (Phi) is 3.60. The number of rotatable bonds is 3. The lowest BCUT2D eigenvalue weighted by molar-refractivity contribution is -0.134. The molecule has 102 valence electrons. The monoisotopic (exact) mass is 250 g/mol. The van der Waals surface area contributed by atoms with Crippen LogP contribution in [0.1, 0.15) is 38.5 Å². The molecule has 3 nitrogen and oxygen atoms in total. The van der Waals surface area contributed by atoms with Crippen LogP contribution >= 0.6 is 0 Å². The van der Waals surface area contributed by atoms with Gasteiger partial charge in [0.2, 0.25) is 5.91 Å². The van der Waals surface area contributed by atoms with E-state index in [0.29, 0.717) is 11.8 Å². The van der Waals surface area contributed by atoms with Crippen molar-refractivity contribution >= 4 is 5.91 Å². The van der Waals surface area contributed by atoms with E-state index in [4.69, 9.17) is 0 Å². The molecule has 1 amide bonds. The van der Waals surface area contributed by atoms with Crippen molar-refractivity contribution in [2.75, 3.05) is 26.7 Å². The minimum atomic E-state index is 0.424. The number of carbonyl (C=O) groups excluding carboxylic acids is 1. The molecule has 0 radical (unpaired) electrons. The Balaban J connectivity index is 1.49. The third-order valence-corrected chi connectivity index (χ3v) is 5.36. The normalized spacial score (nSPS) is 36.3. The van der Waals surface area contributed by atoms with Crippen LogP contribution in [0.4, 0.5) is 0 Å². The summed E-state index contributed by atoms with van der Waals surface area (Å²) < 4.78 is 0. The van der Waals surface area contributed by atoms with E-state index in [0.717, 1.165) is 37.4 Å². The lowest BCUT2D eigenvalue weighted by atomic mass is 9.96. The van der Waals surface area contributed by atoms with E-state index in [9.17, 15) is 4.79 Å². The summed E-state index contributed by atoms with van der Waals surface area (Å²) in [7, 11) is 2.02. The van der Waals surface area contributed by atoms with E-state index in [1.165, 1.54) is 38.5 Å². The van der Waals surface area contributed by atoms with Crippen molar-refractivity contribution in [3.63, 3.8) is 0 Å². The number of amides is 1. The van der Waals surface area contributed by atoms with Gasteiger partial charge in [-0.3, -0.25) is 4.79 Å². The standard InChI is InChI=1S/C15H26N2O/c1-16-10-11-6-8-17(9-7-11)15(18)14-12-4-2-3-5-13(12)14/h11-14,16H,2-10H2,1H3. The number of fused-ring (bicyclic) bond motifs is 1. The van der Waals surface area contributed by atoms with Gasteiger partial charge >= 0.3 is 0 Å². The average molecular weight is 250 g/mol. The summed E-state index contributed by atoms with van der Waals surface area (Å²) in [5, 5.41) is 3.25. The number of carbonyl (C=O) groups is 1. The second-order valence-electron chi connectivity index (χ2n) is 6.46. The minimum Gasteiger partial charge on any atom is -0.342 e. The van der Waals surface area contributed by atoms with Crippen molar-refractivity contribution in [1.82, 2.24) is 10.2 Å². The van der Waals surface area contributed by atoms with Crippen LogP contribution in [0.15, 0.2) is 0 Å². The molecule has 3 rings (SSSR count). The van der Waals surface area contributed by atoms with Crippen LogP contribution in [0.3, 0.4) is 0 Å². The third kappa shape index (κ3) is 2.29. The summed E-state index contributed by atoms with van der Waals surface area (Å²) in [6.07, 6.45) is 7.72. The zero-order valence-corrected chi connectivity index (χ0v) is 11.5.